The van der Waals surface area contributed by atoms with Gasteiger partial charge in [0.15, 0.2) is 0 Å². The molecule has 2 rings (SSSR count). The van der Waals surface area contributed by atoms with E-state index in [1.54, 1.807) is 12.1 Å². The van der Waals surface area contributed by atoms with Gasteiger partial charge in [-0.05, 0) is 42.5 Å². The lowest BCUT2D eigenvalue weighted by atomic mass is 9.94. The molecule has 4 heteroatoms. The lowest BCUT2D eigenvalue weighted by Crippen LogP contribution is -2.10. The van der Waals surface area contributed by atoms with Crippen molar-refractivity contribution in [3.8, 4) is 11.6 Å². The normalized spacial score (nSPS) is 10.6. The summed E-state index contributed by atoms with van der Waals surface area (Å²) in [7, 11) is 0. The summed E-state index contributed by atoms with van der Waals surface area (Å²) < 4.78 is 5.65. The van der Waals surface area contributed by atoms with Gasteiger partial charge in [0.1, 0.15) is 5.75 Å². The molecule has 0 fully saturated rings. The van der Waals surface area contributed by atoms with Gasteiger partial charge >= 0.3 is 0 Å². The number of nitrogens with two attached hydrogens (primary N) is 1. The third-order valence-electron chi connectivity index (χ3n) is 3.58. The Balaban J connectivity index is 2.07. The summed E-state index contributed by atoms with van der Waals surface area (Å²) in [5.41, 5.74) is 6.86. The van der Waals surface area contributed by atoms with E-state index in [9.17, 15) is 4.79 Å². The Kier molecular flexibility index (Phi) is 4.93. The van der Waals surface area contributed by atoms with Crippen molar-refractivity contribution in [2.75, 3.05) is 0 Å². The van der Waals surface area contributed by atoms with Crippen LogP contribution in [0.25, 0.3) is 0 Å². The summed E-state index contributed by atoms with van der Waals surface area (Å²) in [6, 6.07) is 11.3. The van der Waals surface area contributed by atoms with Crippen LogP contribution in [-0.2, 0) is 0 Å². The molecule has 0 unspecified atom stereocenters. The Morgan fingerprint density at radius 1 is 1.14 bits per heavy atom. The lowest BCUT2D eigenvalue weighted by Gasteiger charge is -2.13. The second-order valence-electron chi connectivity index (χ2n) is 4.93. The Morgan fingerprint density at radius 3 is 2.29 bits per heavy atom. The van der Waals surface area contributed by atoms with E-state index in [1.807, 2.05) is 12.1 Å². The monoisotopic (exact) mass is 284 g/mol. The zero-order chi connectivity index (χ0) is 15.2. The molecule has 1 heterocycles. The Bertz CT molecular complexity index is 587. The van der Waals surface area contributed by atoms with Crippen molar-refractivity contribution in [2.24, 2.45) is 5.73 Å². The molecule has 4 nitrogen and oxygen atoms in total. The van der Waals surface area contributed by atoms with Crippen molar-refractivity contribution >= 4 is 5.91 Å². The van der Waals surface area contributed by atoms with Crippen LogP contribution in [0.15, 0.2) is 42.6 Å². The van der Waals surface area contributed by atoms with Crippen molar-refractivity contribution in [3.63, 3.8) is 0 Å². The lowest BCUT2D eigenvalue weighted by molar-refractivity contribution is 0.1000. The minimum Gasteiger partial charge on any atom is -0.439 e. The average Bonchev–Trinajstić information content (AvgIpc) is 2.51. The van der Waals surface area contributed by atoms with Gasteiger partial charge in [-0.2, -0.15) is 0 Å². The second kappa shape index (κ2) is 6.88. The maximum atomic E-state index is 11.0. The number of hydrogen-bond acceptors (Lipinski definition) is 3. The van der Waals surface area contributed by atoms with Crippen LogP contribution < -0.4 is 10.5 Å². The number of benzene rings is 1. The van der Waals surface area contributed by atoms with Crippen LogP contribution in [0.2, 0.25) is 0 Å². The molecule has 2 N–H and O–H groups in total. The summed E-state index contributed by atoms with van der Waals surface area (Å²) in [5.74, 6) is 1.26. The Hall–Kier alpha value is -2.36. The van der Waals surface area contributed by atoms with Gasteiger partial charge in [0.25, 0.3) is 0 Å². The highest BCUT2D eigenvalue weighted by Crippen LogP contribution is 2.26. The summed E-state index contributed by atoms with van der Waals surface area (Å²) >= 11 is 0. The van der Waals surface area contributed by atoms with Crippen molar-refractivity contribution in [3.05, 3.63) is 53.7 Å². The molecule has 1 amide bonds. The fourth-order valence-corrected chi connectivity index (χ4v) is 2.28. The topological polar surface area (TPSA) is 65.2 Å². The van der Waals surface area contributed by atoms with Gasteiger partial charge < -0.3 is 10.5 Å². The van der Waals surface area contributed by atoms with Gasteiger partial charge in [-0.1, -0.05) is 26.0 Å². The van der Waals surface area contributed by atoms with Crippen LogP contribution in [0, 0.1) is 0 Å². The molecule has 0 saturated heterocycles. The average molecular weight is 284 g/mol. The molecule has 21 heavy (non-hydrogen) atoms. The highest BCUT2D eigenvalue weighted by atomic mass is 16.5. The first kappa shape index (κ1) is 15.0. The minimum absolute atomic E-state index is 0.367. The summed E-state index contributed by atoms with van der Waals surface area (Å²) in [5, 5.41) is 0. The Labute approximate surface area is 125 Å². The number of carbonyl (C=O) groups is 1. The number of nitrogens with zero attached hydrogens (tertiary/aromatic N) is 1. The number of amides is 1. The molecular formula is C17H20N2O2. The van der Waals surface area contributed by atoms with Crippen LogP contribution in [0.4, 0.5) is 0 Å². The van der Waals surface area contributed by atoms with E-state index in [0.29, 0.717) is 17.4 Å². The predicted octanol–water partition coefficient (Wildman–Crippen LogP) is 3.88. The Morgan fingerprint density at radius 2 is 1.81 bits per heavy atom. The van der Waals surface area contributed by atoms with Gasteiger partial charge in [0.2, 0.25) is 11.8 Å². The molecule has 0 aliphatic carbocycles. The van der Waals surface area contributed by atoms with Gasteiger partial charge in [0.05, 0.1) is 5.56 Å². The van der Waals surface area contributed by atoms with E-state index >= 15 is 0 Å². The summed E-state index contributed by atoms with van der Waals surface area (Å²) in [4.78, 5) is 15.0. The molecule has 1 aromatic heterocycles. The van der Waals surface area contributed by atoms with E-state index in [0.717, 1.165) is 18.6 Å². The number of primary amides is 1. The first-order valence-electron chi connectivity index (χ1n) is 7.17. The molecule has 0 spiro atoms. The van der Waals surface area contributed by atoms with Crippen LogP contribution >= 0.6 is 0 Å². The molecule has 0 saturated carbocycles. The smallest absolute Gasteiger partial charge is 0.250 e. The standard InChI is InChI=1S/C17H20N2O2/c1-3-12(4-2)13-5-8-15(9-6-13)21-16-10-7-14(11-19-16)17(18)20/h5-12H,3-4H2,1-2H3,(H2,18,20). The highest BCUT2D eigenvalue weighted by molar-refractivity contribution is 5.92. The van der Waals surface area contributed by atoms with Crippen molar-refractivity contribution in [2.45, 2.75) is 32.6 Å². The SMILES string of the molecule is CCC(CC)c1ccc(Oc2ccc(C(N)=O)cn2)cc1. The van der Waals surface area contributed by atoms with E-state index in [1.165, 1.54) is 11.8 Å². The summed E-state index contributed by atoms with van der Waals surface area (Å²) in [6.45, 7) is 4.39. The molecule has 0 atom stereocenters. The third-order valence-corrected chi connectivity index (χ3v) is 3.58. The predicted molar refractivity (Wildman–Crippen MR) is 82.6 cm³/mol. The second-order valence-corrected chi connectivity index (χ2v) is 4.93. The maximum Gasteiger partial charge on any atom is 0.250 e. The quantitative estimate of drug-likeness (QED) is 0.875. The first-order valence-corrected chi connectivity index (χ1v) is 7.17. The third kappa shape index (κ3) is 3.81. The van der Waals surface area contributed by atoms with Crippen LogP contribution in [0.5, 0.6) is 11.6 Å². The number of pyridine rings is 1. The van der Waals surface area contributed by atoms with E-state index in [4.69, 9.17) is 10.5 Å². The molecule has 0 aliphatic heterocycles. The van der Waals surface area contributed by atoms with E-state index in [-0.39, 0.29) is 0 Å². The molecule has 1 aromatic carbocycles. The summed E-state index contributed by atoms with van der Waals surface area (Å²) in [6.07, 6.45) is 3.68. The molecule has 2 aromatic rings. The molecule has 110 valence electrons. The number of ether oxygens (including phenoxy) is 1. The van der Waals surface area contributed by atoms with Gasteiger partial charge in [-0.15, -0.1) is 0 Å². The zero-order valence-corrected chi connectivity index (χ0v) is 12.4. The largest absolute Gasteiger partial charge is 0.439 e. The minimum atomic E-state index is -0.497. The fraction of sp³-hybridized carbons (Fsp3) is 0.294. The van der Waals surface area contributed by atoms with Crippen LogP contribution in [0.3, 0.4) is 0 Å². The van der Waals surface area contributed by atoms with E-state index < -0.39 is 5.91 Å². The number of rotatable bonds is 6. The van der Waals surface area contributed by atoms with Crippen molar-refractivity contribution < 1.29 is 9.53 Å². The zero-order valence-electron chi connectivity index (χ0n) is 12.4. The van der Waals surface area contributed by atoms with Crippen LogP contribution in [-0.4, -0.2) is 10.9 Å². The molecular weight excluding hydrogens is 264 g/mol. The van der Waals surface area contributed by atoms with Gasteiger partial charge in [-0.3, -0.25) is 4.79 Å². The number of aromatic nitrogens is 1. The molecule has 0 bridgehead atoms. The van der Waals surface area contributed by atoms with Gasteiger partial charge in [0, 0.05) is 12.3 Å². The number of hydrogen-bond donors (Lipinski definition) is 1. The number of carbonyl (C=O) groups excluding carboxylic acids is 1. The fourth-order valence-electron chi connectivity index (χ4n) is 2.28. The maximum absolute atomic E-state index is 11.0. The highest BCUT2D eigenvalue weighted by Gasteiger charge is 2.07. The first-order chi connectivity index (χ1) is 10.1. The van der Waals surface area contributed by atoms with Gasteiger partial charge in [-0.25, -0.2) is 4.98 Å². The molecule has 0 radical (unpaired) electrons. The van der Waals surface area contributed by atoms with Crippen molar-refractivity contribution in [1.82, 2.24) is 4.98 Å². The van der Waals surface area contributed by atoms with Crippen LogP contribution in [0.1, 0.15) is 48.5 Å². The van der Waals surface area contributed by atoms with E-state index in [2.05, 4.69) is 31.0 Å². The van der Waals surface area contributed by atoms with Crippen molar-refractivity contribution in [1.29, 1.82) is 0 Å². The molecule has 0 aliphatic rings.